The standard InChI is InChI=1S/C18H26F2N2O2/c1-12(21-16-6-5-14(19)11-15(16)20)13-7-9-22(10-8-13)17(23)24-18(2,3)4/h5-6,11-13,21H,7-10H2,1-4H3. The molecule has 1 amide bonds. The second-order valence-corrected chi connectivity index (χ2v) is 7.36. The van der Waals surface area contributed by atoms with Gasteiger partial charge in [-0.2, -0.15) is 0 Å². The predicted molar refractivity (Wildman–Crippen MR) is 90.0 cm³/mol. The summed E-state index contributed by atoms with van der Waals surface area (Å²) in [5.74, 6) is -0.863. The van der Waals surface area contributed by atoms with Gasteiger partial charge in [0.1, 0.15) is 17.2 Å². The summed E-state index contributed by atoms with van der Waals surface area (Å²) in [6.45, 7) is 8.77. The average Bonchev–Trinajstić information content (AvgIpc) is 2.48. The van der Waals surface area contributed by atoms with E-state index in [9.17, 15) is 13.6 Å². The molecule has 1 aromatic rings. The fourth-order valence-electron chi connectivity index (χ4n) is 2.88. The van der Waals surface area contributed by atoms with Crippen LogP contribution in [0.1, 0.15) is 40.5 Å². The predicted octanol–water partition coefficient (Wildman–Crippen LogP) is 4.41. The van der Waals surface area contributed by atoms with Crippen LogP contribution >= 0.6 is 0 Å². The van der Waals surface area contributed by atoms with E-state index < -0.39 is 17.2 Å². The molecular weight excluding hydrogens is 314 g/mol. The topological polar surface area (TPSA) is 41.6 Å². The number of nitrogens with one attached hydrogen (secondary N) is 1. The number of ether oxygens (including phenoxy) is 1. The lowest BCUT2D eigenvalue weighted by molar-refractivity contribution is 0.0179. The van der Waals surface area contributed by atoms with Gasteiger partial charge in [-0.15, -0.1) is 0 Å². The van der Waals surface area contributed by atoms with Crippen LogP contribution in [0.15, 0.2) is 18.2 Å². The molecule has 0 bridgehead atoms. The van der Waals surface area contributed by atoms with Gasteiger partial charge in [-0.05, 0) is 58.6 Å². The molecular formula is C18H26F2N2O2. The molecule has 1 saturated heterocycles. The minimum Gasteiger partial charge on any atom is -0.444 e. The molecule has 0 spiro atoms. The van der Waals surface area contributed by atoms with Gasteiger partial charge in [0.25, 0.3) is 0 Å². The lowest BCUT2D eigenvalue weighted by Crippen LogP contribution is -2.44. The summed E-state index contributed by atoms with van der Waals surface area (Å²) < 4.78 is 32.1. The number of nitrogens with zero attached hydrogens (tertiary/aromatic N) is 1. The monoisotopic (exact) mass is 340 g/mol. The van der Waals surface area contributed by atoms with Crippen LogP contribution in [0.4, 0.5) is 19.3 Å². The number of piperidine rings is 1. The number of benzene rings is 1. The average molecular weight is 340 g/mol. The van der Waals surface area contributed by atoms with Gasteiger partial charge in [-0.25, -0.2) is 13.6 Å². The third-order valence-corrected chi connectivity index (χ3v) is 4.21. The molecule has 6 heteroatoms. The Labute approximate surface area is 142 Å². The van der Waals surface area contributed by atoms with Crippen molar-refractivity contribution in [1.29, 1.82) is 0 Å². The molecule has 1 fully saturated rings. The summed E-state index contributed by atoms with van der Waals surface area (Å²) in [4.78, 5) is 13.8. The minimum absolute atomic E-state index is 0.0331. The molecule has 0 radical (unpaired) electrons. The molecule has 1 aliphatic rings. The van der Waals surface area contributed by atoms with Crippen molar-refractivity contribution < 1.29 is 18.3 Å². The molecule has 1 atom stereocenters. The number of amides is 1. The number of carbonyl (C=O) groups is 1. The van der Waals surface area contributed by atoms with Gasteiger partial charge in [-0.1, -0.05) is 0 Å². The number of carbonyl (C=O) groups excluding carboxylic acids is 1. The number of halogens is 2. The van der Waals surface area contributed by atoms with Gasteiger partial charge in [-0.3, -0.25) is 0 Å². The summed E-state index contributed by atoms with van der Waals surface area (Å²) in [6.07, 6.45) is 1.35. The van der Waals surface area contributed by atoms with E-state index in [4.69, 9.17) is 4.74 Å². The highest BCUT2D eigenvalue weighted by Crippen LogP contribution is 2.25. The lowest BCUT2D eigenvalue weighted by Gasteiger charge is -2.36. The first-order valence-electron chi connectivity index (χ1n) is 8.35. The number of hydrogen-bond donors (Lipinski definition) is 1. The number of rotatable bonds is 3. The minimum atomic E-state index is -0.590. The zero-order chi connectivity index (χ0) is 17.9. The van der Waals surface area contributed by atoms with Crippen LogP contribution in [0.25, 0.3) is 0 Å². The summed E-state index contributed by atoms with van der Waals surface area (Å²) in [6, 6.07) is 3.56. The van der Waals surface area contributed by atoms with E-state index in [0.29, 0.717) is 24.7 Å². The third kappa shape index (κ3) is 5.08. The first-order valence-corrected chi connectivity index (χ1v) is 8.35. The quantitative estimate of drug-likeness (QED) is 0.886. The van der Waals surface area contributed by atoms with E-state index >= 15 is 0 Å². The zero-order valence-corrected chi connectivity index (χ0v) is 14.7. The molecule has 1 aromatic carbocycles. The van der Waals surface area contributed by atoms with Crippen molar-refractivity contribution in [3.05, 3.63) is 29.8 Å². The molecule has 24 heavy (non-hydrogen) atoms. The highest BCUT2D eigenvalue weighted by Gasteiger charge is 2.29. The maximum atomic E-state index is 13.7. The highest BCUT2D eigenvalue weighted by atomic mass is 19.1. The Morgan fingerprint density at radius 3 is 2.46 bits per heavy atom. The zero-order valence-electron chi connectivity index (χ0n) is 14.7. The van der Waals surface area contributed by atoms with E-state index in [1.54, 1.807) is 4.90 Å². The van der Waals surface area contributed by atoms with Crippen LogP contribution in [0.2, 0.25) is 0 Å². The summed E-state index contributed by atoms with van der Waals surface area (Å²) in [5.41, 5.74) is -0.193. The maximum Gasteiger partial charge on any atom is 0.410 e. The van der Waals surface area contributed by atoms with Crippen molar-refractivity contribution in [2.24, 2.45) is 5.92 Å². The SMILES string of the molecule is CC(Nc1ccc(F)cc1F)C1CCN(C(=O)OC(C)(C)C)CC1. The van der Waals surface area contributed by atoms with Gasteiger partial charge in [0.15, 0.2) is 0 Å². The van der Waals surface area contributed by atoms with E-state index in [1.165, 1.54) is 12.1 Å². The Morgan fingerprint density at radius 1 is 1.29 bits per heavy atom. The van der Waals surface area contributed by atoms with Gasteiger partial charge in [0.05, 0.1) is 5.69 Å². The van der Waals surface area contributed by atoms with Crippen molar-refractivity contribution in [1.82, 2.24) is 4.90 Å². The van der Waals surface area contributed by atoms with Crippen LogP contribution in [0, 0.1) is 17.6 Å². The first-order chi connectivity index (χ1) is 11.2. The van der Waals surface area contributed by atoms with E-state index in [2.05, 4.69) is 5.32 Å². The fourth-order valence-corrected chi connectivity index (χ4v) is 2.88. The van der Waals surface area contributed by atoms with Crippen LogP contribution in [0.5, 0.6) is 0 Å². The summed E-state index contributed by atoms with van der Waals surface area (Å²) in [5, 5.41) is 3.11. The smallest absolute Gasteiger partial charge is 0.410 e. The van der Waals surface area contributed by atoms with Crippen molar-refractivity contribution in [2.45, 2.75) is 52.2 Å². The first kappa shape index (κ1) is 18.5. The molecule has 1 heterocycles. The molecule has 2 rings (SSSR count). The van der Waals surface area contributed by atoms with Gasteiger partial charge < -0.3 is 15.0 Å². The van der Waals surface area contributed by atoms with E-state index in [1.807, 2.05) is 27.7 Å². The number of likely N-dealkylation sites (tertiary alicyclic amines) is 1. The molecule has 1 unspecified atom stereocenters. The molecule has 0 aromatic heterocycles. The number of hydrogen-bond acceptors (Lipinski definition) is 3. The van der Waals surface area contributed by atoms with Gasteiger partial charge in [0, 0.05) is 25.2 Å². The molecule has 4 nitrogen and oxygen atoms in total. The van der Waals surface area contributed by atoms with Crippen molar-refractivity contribution >= 4 is 11.8 Å². The van der Waals surface area contributed by atoms with Gasteiger partial charge in [0.2, 0.25) is 0 Å². The largest absolute Gasteiger partial charge is 0.444 e. The second kappa shape index (κ2) is 7.36. The fraction of sp³-hybridized carbons (Fsp3) is 0.611. The Kier molecular flexibility index (Phi) is 5.67. The normalized spacial score (nSPS) is 17.5. The molecule has 134 valence electrons. The Morgan fingerprint density at radius 2 is 1.92 bits per heavy atom. The van der Waals surface area contributed by atoms with Gasteiger partial charge >= 0.3 is 6.09 Å². The second-order valence-electron chi connectivity index (χ2n) is 7.36. The van der Waals surface area contributed by atoms with Crippen molar-refractivity contribution in [3.8, 4) is 0 Å². The van der Waals surface area contributed by atoms with E-state index in [0.717, 1.165) is 18.9 Å². The molecule has 0 aliphatic carbocycles. The summed E-state index contributed by atoms with van der Waals surface area (Å²) >= 11 is 0. The van der Waals surface area contributed by atoms with Crippen LogP contribution in [-0.2, 0) is 4.74 Å². The van der Waals surface area contributed by atoms with Crippen molar-refractivity contribution in [2.75, 3.05) is 18.4 Å². The van der Waals surface area contributed by atoms with Crippen LogP contribution in [0.3, 0.4) is 0 Å². The Hall–Kier alpha value is -1.85. The molecule has 1 N–H and O–H groups in total. The Bertz CT molecular complexity index is 579. The molecule has 0 saturated carbocycles. The van der Waals surface area contributed by atoms with E-state index in [-0.39, 0.29) is 12.1 Å². The summed E-state index contributed by atoms with van der Waals surface area (Å²) in [7, 11) is 0. The lowest BCUT2D eigenvalue weighted by atomic mass is 9.90. The third-order valence-electron chi connectivity index (χ3n) is 4.21. The maximum absolute atomic E-state index is 13.7. The van der Waals surface area contributed by atoms with Crippen LogP contribution in [-0.4, -0.2) is 35.7 Å². The highest BCUT2D eigenvalue weighted by molar-refractivity contribution is 5.68. The van der Waals surface area contributed by atoms with Crippen LogP contribution < -0.4 is 5.32 Å². The number of anilines is 1. The Balaban J connectivity index is 1.86. The molecule has 1 aliphatic heterocycles. The van der Waals surface area contributed by atoms with Crippen molar-refractivity contribution in [3.63, 3.8) is 0 Å².